The van der Waals surface area contributed by atoms with E-state index in [4.69, 9.17) is 0 Å². The molecule has 0 radical (unpaired) electrons. The first-order chi connectivity index (χ1) is 10.4. The summed E-state index contributed by atoms with van der Waals surface area (Å²) in [5.74, 6) is 2.75. The van der Waals surface area contributed by atoms with Crippen molar-refractivity contribution in [2.24, 2.45) is 5.10 Å². The number of nitrogens with zero attached hydrogens (tertiary/aromatic N) is 2. The van der Waals surface area contributed by atoms with Crippen LogP contribution in [0, 0.1) is 12.0 Å². The first kappa shape index (κ1) is 16.1. The average molecular weight is 308 g/mol. The Labute approximate surface area is 126 Å². The van der Waals surface area contributed by atoms with E-state index in [9.17, 15) is 18.0 Å². The highest BCUT2D eigenvalue weighted by Crippen LogP contribution is 2.30. The Morgan fingerprint density at radius 3 is 2.82 bits per heavy atom. The van der Waals surface area contributed by atoms with Crippen LogP contribution in [0.25, 0.3) is 0 Å². The molecule has 1 aliphatic rings. The Kier molecular flexibility index (Phi) is 4.86. The van der Waals surface area contributed by atoms with Gasteiger partial charge in [0.05, 0.1) is 17.7 Å². The molecular weight excluding hydrogens is 293 g/mol. The lowest BCUT2D eigenvalue weighted by Gasteiger charge is -2.19. The summed E-state index contributed by atoms with van der Waals surface area (Å²) in [5.41, 5.74) is -0.146. The van der Waals surface area contributed by atoms with Crippen LogP contribution < -0.4 is 0 Å². The van der Waals surface area contributed by atoms with Crippen molar-refractivity contribution in [3.8, 4) is 12.0 Å². The van der Waals surface area contributed by atoms with Gasteiger partial charge in [0.15, 0.2) is 5.78 Å². The van der Waals surface area contributed by atoms with Gasteiger partial charge in [-0.05, 0) is 24.1 Å². The summed E-state index contributed by atoms with van der Waals surface area (Å²) in [5, 5.41) is 5.49. The lowest BCUT2D eigenvalue weighted by Crippen LogP contribution is -2.30. The number of Topliss-reactive ketones (excluding diaryl/α,β-unsaturated/α-hetero) is 1. The molecule has 6 heteroatoms. The van der Waals surface area contributed by atoms with E-state index >= 15 is 0 Å². The van der Waals surface area contributed by atoms with Crippen LogP contribution in [0.1, 0.15) is 37.3 Å². The van der Waals surface area contributed by atoms with Crippen LogP contribution in [0.3, 0.4) is 0 Å². The number of ketones is 1. The summed E-state index contributed by atoms with van der Waals surface area (Å²) in [7, 11) is 0. The minimum atomic E-state index is -4.42. The van der Waals surface area contributed by atoms with Gasteiger partial charge in [0, 0.05) is 12.5 Å². The van der Waals surface area contributed by atoms with Crippen molar-refractivity contribution in [2.45, 2.75) is 32.4 Å². The number of hydrogen-bond donors (Lipinski definition) is 0. The van der Waals surface area contributed by atoms with Gasteiger partial charge in [-0.1, -0.05) is 25.0 Å². The van der Waals surface area contributed by atoms with E-state index in [-0.39, 0.29) is 18.7 Å². The third kappa shape index (κ3) is 4.10. The van der Waals surface area contributed by atoms with Crippen LogP contribution in [0.15, 0.2) is 29.4 Å². The molecule has 0 unspecified atom stereocenters. The average Bonchev–Trinajstić information content (AvgIpc) is 2.46. The molecule has 1 aromatic carbocycles. The Morgan fingerprint density at radius 2 is 2.14 bits per heavy atom. The smallest absolute Gasteiger partial charge is 0.297 e. The van der Waals surface area contributed by atoms with Crippen LogP contribution in [0.5, 0.6) is 0 Å². The standard InChI is InChI=1S/C16H15F3N2O/c1-2-3-4-8-21-11-14(22)10-15(20-21)12-6-5-7-13(9-12)16(17,18)19/h5-7,9H,2-3,10-11H2,1H3. The normalized spacial score (nSPS) is 15.2. The van der Waals surface area contributed by atoms with Gasteiger partial charge in [-0.15, -0.1) is 0 Å². The zero-order chi connectivity index (χ0) is 16.2. The minimum Gasteiger partial charge on any atom is -0.297 e. The van der Waals surface area contributed by atoms with E-state index in [1.54, 1.807) is 0 Å². The summed E-state index contributed by atoms with van der Waals surface area (Å²) in [6, 6.07) is 7.58. The Bertz CT molecular complexity index is 653. The molecule has 0 N–H and O–H groups in total. The molecule has 1 aromatic rings. The summed E-state index contributed by atoms with van der Waals surface area (Å²) in [4.78, 5) is 11.8. The maximum absolute atomic E-state index is 12.8. The fourth-order valence-corrected chi connectivity index (χ4v) is 2.00. The zero-order valence-electron chi connectivity index (χ0n) is 12.1. The summed E-state index contributed by atoms with van der Waals surface area (Å²) in [6.45, 7) is 2.05. The van der Waals surface area contributed by atoms with E-state index in [0.29, 0.717) is 17.7 Å². The Hall–Kier alpha value is -2.29. The van der Waals surface area contributed by atoms with Gasteiger partial charge in [-0.2, -0.15) is 18.3 Å². The molecule has 1 heterocycles. The molecule has 2 rings (SSSR count). The maximum atomic E-state index is 12.8. The monoisotopic (exact) mass is 308 g/mol. The third-order valence-corrected chi connectivity index (χ3v) is 3.04. The molecule has 0 aliphatic carbocycles. The molecule has 0 aromatic heterocycles. The highest BCUT2D eigenvalue weighted by molar-refractivity contribution is 6.12. The molecule has 0 atom stereocenters. The molecule has 0 saturated carbocycles. The number of hydrazone groups is 1. The first-order valence-electron chi connectivity index (χ1n) is 6.93. The Balaban J connectivity index is 2.30. The lowest BCUT2D eigenvalue weighted by molar-refractivity contribution is -0.137. The highest BCUT2D eigenvalue weighted by Gasteiger charge is 2.31. The minimum absolute atomic E-state index is 0.0211. The second-order valence-electron chi connectivity index (χ2n) is 4.94. The van der Waals surface area contributed by atoms with Crippen molar-refractivity contribution >= 4 is 11.5 Å². The molecule has 116 valence electrons. The number of carbonyl (C=O) groups excluding carboxylic acids is 1. The number of benzene rings is 1. The molecular formula is C16H15F3N2O. The van der Waals surface area contributed by atoms with Gasteiger partial charge in [-0.25, -0.2) is 5.01 Å². The number of halogens is 3. The largest absolute Gasteiger partial charge is 0.416 e. The maximum Gasteiger partial charge on any atom is 0.416 e. The van der Waals surface area contributed by atoms with Gasteiger partial charge in [0.1, 0.15) is 6.54 Å². The van der Waals surface area contributed by atoms with Gasteiger partial charge < -0.3 is 0 Å². The number of rotatable bonds is 2. The van der Waals surface area contributed by atoms with Crippen molar-refractivity contribution in [1.82, 2.24) is 5.01 Å². The van der Waals surface area contributed by atoms with Crippen LogP contribution in [-0.4, -0.2) is 23.0 Å². The molecule has 0 bridgehead atoms. The van der Waals surface area contributed by atoms with Crippen LogP contribution >= 0.6 is 0 Å². The first-order valence-corrected chi connectivity index (χ1v) is 6.93. The van der Waals surface area contributed by atoms with Crippen LogP contribution in [0.4, 0.5) is 13.2 Å². The molecule has 1 aliphatic heterocycles. The third-order valence-electron chi connectivity index (χ3n) is 3.04. The van der Waals surface area contributed by atoms with Crippen molar-refractivity contribution in [1.29, 1.82) is 0 Å². The quantitative estimate of drug-likeness (QED) is 0.784. The molecule has 0 saturated heterocycles. The van der Waals surface area contributed by atoms with E-state index in [0.717, 1.165) is 18.6 Å². The van der Waals surface area contributed by atoms with Crippen LogP contribution in [0.2, 0.25) is 0 Å². The lowest BCUT2D eigenvalue weighted by atomic mass is 10.0. The summed E-state index contributed by atoms with van der Waals surface area (Å²) >= 11 is 0. The van der Waals surface area contributed by atoms with E-state index in [2.05, 4.69) is 17.1 Å². The van der Waals surface area contributed by atoms with Crippen molar-refractivity contribution in [3.05, 3.63) is 35.4 Å². The zero-order valence-corrected chi connectivity index (χ0v) is 12.1. The SMILES string of the molecule is CCCC#CN1CC(=O)CC(c2cccc(C(F)(F)F)c2)=N1. The number of alkyl halides is 3. The van der Waals surface area contributed by atoms with Gasteiger partial charge in [0.2, 0.25) is 0 Å². The Morgan fingerprint density at radius 1 is 1.36 bits per heavy atom. The summed E-state index contributed by atoms with van der Waals surface area (Å²) < 4.78 is 38.3. The van der Waals surface area contributed by atoms with Crippen molar-refractivity contribution in [3.63, 3.8) is 0 Å². The predicted octanol–water partition coefficient (Wildman–Crippen LogP) is 3.45. The number of unbranched alkanes of at least 4 members (excludes halogenated alkanes) is 1. The second-order valence-corrected chi connectivity index (χ2v) is 4.94. The van der Waals surface area contributed by atoms with Gasteiger partial charge in [-0.3, -0.25) is 4.79 Å². The van der Waals surface area contributed by atoms with E-state index < -0.39 is 11.7 Å². The van der Waals surface area contributed by atoms with E-state index in [1.165, 1.54) is 17.1 Å². The molecule has 0 amide bonds. The highest BCUT2D eigenvalue weighted by atomic mass is 19.4. The number of hydrogen-bond acceptors (Lipinski definition) is 3. The van der Waals surface area contributed by atoms with Gasteiger partial charge in [0.25, 0.3) is 0 Å². The fourth-order valence-electron chi connectivity index (χ4n) is 2.00. The van der Waals surface area contributed by atoms with Crippen molar-refractivity contribution in [2.75, 3.05) is 6.54 Å². The summed E-state index contributed by atoms with van der Waals surface area (Å²) in [6.07, 6.45) is -2.83. The van der Waals surface area contributed by atoms with E-state index in [1.807, 2.05) is 6.92 Å². The molecule has 0 spiro atoms. The topological polar surface area (TPSA) is 32.7 Å². The number of carbonyl (C=O) groups is 1. The van der Waals surface area contributed by atoms with Crippen LogP contribution in [-0.2, 0) is 11.0 Å². The second kappa shape index (κ2) is 6.65. The molecule has 0 fully saturated rings. The fraction of sp³-hybridized carbons (Fsp3) is 0.375. The van der Waals surface area contributed by atoms with Gasteiger partial charge >= 0.3 is 6.18 Å². The molecule has 22 heavy (non-hydrogen) atoms. The van der Waals surface area contributed by atoms with Crippen molar-refractivity contribution < 1.29 is 18.0 Å². The molecule has 3 nitrogen and oxygen atoms in total. The predicted molar refractivity (Wildman–Crippen MR) is 77.0 cm³/mol.